The third-order valence-electron chi connectivity index (χ3n) is 4.07. The zero-order chi connectivity index (χ0) is 19.2. The Balaban J connectivity index is 1.62. The molecule has 140 valence electrons. The topological polar surface area (TPSA) is 77.8 Å². The number of methoxy groups -OCH3 is 1. The van der Waals surface area contributed by atoms with E-state index in [1.807, 2.05) is 53.9 Å². The summed E-state index contributed by atoms with van der Waals surface area (Å²) in [7, 11) is 1.57. The number of allylic oxidation sites excluding steroid dienone is 1. The summed E-state index contributed by atoms with van der Waals surface area (Å²) in [5.74, 6) is 1.50. The van der Waals surface area contributed by atoms with Crippen molar-refractivity contribution in [2.24, 2.45) is 0 Å². The summed E-state index contributed by atoms with van der Waals surface area (Å²) < 4.78 is 12.8. The lowest BCUT2D eigenvalue weighted by Gasteiger charge is -2.14. The minimum absolute atomic E-state index is 0.127. The molecule has 0 aliphatic rings. The SMILES string of the molecule is C=CCc1ccc(OCC(=O)NC(C)c2nnc3ccccn23)c(OC)c1. The van der Waals surface area contributed by atoms with E-state index in [1.165, 1.54) is 0 Å². The number of ether oxygens (including phenoxy) is 2. The number of benzene rings is 1. The van der Waals surface area contributed by atoms with E-state index in [-0.39, 0.29) is 18.6 Å². The normalized spacial score (nSPS) is 11.8. The molecule has 2 heterocycles. The molecule has 7 nitrogen and oxygen atoms in total. The predicted molar refractivity (Wildman–Crippen MR) is 102 cm³/mol. The average molecular weight is 366 g/mol. The number of carbonyl (C=O) groups is 1. The Labute approximate surface area is 157 Å². The highest BCUT2D eigenvalue weighted by Gasteiger charge is 2.16. The molecule has 1 unspecified atom stereocenters. The second kappa shape index (κ2) is 8.35. The minimum atomic E-state index is -0.310. The lowest BCUT2D eigenvalue weighted by molar-refractivity contribution is -0.123. The molecule has 2 aromatic heterocycles. The zero-order valence-corrected chi connectivity index (χ0v) is 15.4. The standard InChI is InChI=1S/C20H22N4O3/c1-4-7-15-9-10-16(17(12-15)26-3)27-13-19(25)21-14(2)20-23-22-18-8-5-6-11-24(18)20/h4-6,8-12,14H,1,7,13H2,2-3H3,(H,21,25). The largest absolute Gasteiger partial charge is 0.493 e. The molecule has 1 atom stereocenters. The highest BCUT2D eigenvalue weighted by atomic mass is 16.5. The number of fused-ring (bicyclic) bond motifs is 1. The lowest BCUT2D eigenvalue weighted by Crippen LogP contribution is -2.32. The summed E-state index contributed by atoms with van der Waals surface area (Å²) in [5, 5.41) is 11.1. The van der Waals surface area contributed by atoms with Crippen LogP contribution in [0.1, 0.15) is 24.4 Å². The Morgan fingerprint density at radius 3 is 2.93 bits per heavy atom. The van der Waals surface area contributed by atoms with E-state index in [0.29, 0.717) is 17.3 Å². The molecule has 0 aliphatic carbocycles. The number of aromatic nitrogens is 3. The highest BCUT2D eigenvalue weighted by molar-refractivity contribution is 5.78. The molecule has 7 heteroatoms. The zero-order valence-electron chi connectivity index (χ0n) is 15.4. The fourth-order valence-electron chi connectivity index (χ4n) is 2.77. The smallest absolute Gasteiger partial charge is 0.258 e. The van der Waals surface area contributed by atoms with E-state index in [1.54, 1.807) is 13.2 Å². The van der Waals surface area contributed by atoms with Crippen molar-refractivity contribution in [3.63, 3.8) is 0 Å². The number of hydrogen-bond acceptors (Lipinski definition) is 5. The van der Waals surface area contributed by atoms with Gasteiger partial charge < -0.3 is 14.8 Å². The van der Waals surface area contributed by atoms with Gasteiger partial charge in [0.15, 0.2) is 29.6 Å². The van der Waals surface area contributed by atoms with Gasteiger partial charge in [-0.15, -0.1) is 16.8 Å². The van der Waals surface area contributed by atoms with Crippen LogP contribution >= 0.6 is 0 Å². The predicted octanol–water partition coefficient (Wildman–Crippen LogP) is 2.72. The number of carbonyl (C=O) groups excluding carboxylic acids is 1. The van der Waals surface area contributed by atoms with Crippen LogP contribution in [0.25, 0.3) is 5.65 Å². The molecule has 0 spiro atoms. The Hall–Kier alpha value is -3.35. The molecule has 0 saturated heterocycles. The summed E-state index contributed by atoms with van der Waals surface area (Å²) >= 11 is 0. The van der Waals surface area contributed by atoms with Crippen LogP contribution in [0.2, 0.25) is 0 Å². The highest BCUT2D eigenvalue weighted by Crippen LogP contribution is 2.28. The van der Waals surface area contributed by atoms with Crippen LogP contribution in [0.4, 0.5) is 0 Å². The van der Waals surface area contributed by atoms with Crippen molar-refractivity contribution in [3.05, 3.63) is 66.6 Å². The third kappa shape index (κ3) is 4.25. The van der Waals surface area contributed by atoms with Crippen LogP contribution < -0.4 is 14.8 Å². The lowest BCUT2D eigenvalue weighted by atomic mass is 10.1. The van der Waals surface area contributed by atoms with Gasteiger partial charge >= 0.3 is 0 Å². The van der Waals surface area contributed by atoms with Gasteiger partial charge in [0, 0.05) is 6.20 Å². The van der Waals surface area contributed by atoms with Gasteiger partial charge in [0.1, 0.15) is 0 Å². The molecule has 0 saturated carbocycles. The van der Waals surface area contributed by atoms with Crippen molar-refractivity contribution in [1.82, 2.24) is 19.9 Å². The number of hydrogen-bond donors (Lipinski definition) is 1. The first-order chi connectivity index (χ1) is 13.1. The van der Waals surface area contributed by atoms with E-state index >= 15 is 0 Å². The van der Waals surface area contributed by atoms with Crippen LogP contribution in [0, 0.1) is 0 Å². The second-order valence-electron chi connectivity index (χ2n) is 6.04. The molecular weight excluding hydrogens is 344 g/mol. The van der Waals surface area contributed by atoms with Crippen molar-refractivity contribution >= 4 is 11.6 Å². The van der Waals surface area contributed by atoms with Crippen molar-refractivity contribution in [2.45, 2.75) is 19.4 Å². The first-order valence-electron chi connectivity index (χ1n) is 8.62. The average Bonchev–Trinajstić information content (AvgIpc) is 3.11. The van der Waals surface area contributed by atoms with Gasteiger partial charge in [-0.25, -0.2) is 0 Å². The van der Waals surface area contributed by atoms with Gasteiger partial charge in [-0.3, -0.25) is 9.20 Å². The van der Waals surface area contributed by atoms with Crippen molar-refractivity contribution in [2.75, 3.05) is 13.7 Å². The van der Waals surface area contributed by atoms with Crippen molar-refractivity contribution in [3.8, 4) is 11.5 Å². The number of amides is 1. The minimum Gasteiger partial charge on any atom is -0.493 e. The third-order valence-corrected chi connectivity index (χ3v) is 4.07. The van der Waals surface area contributed by atoms with E-state index in [4.69, 9.17) is 9.47 Å². The molecule has 0 aliphatic heterocycles. The molecule has 27 heavy (non-hydrogen) atoms. The summed E-state index contributed by atoms with van der Waals surface area (Å²) in [4.78, 5) is 12.3. The summed E-state index contributed by atoms with van der Waals surface area (Å²) in [6.45, 7) is 5.45. The number of nitrogens with zero attached hydrogens (tertiary/aromatic N) is 3. The van der Waals surface area contributed by atoms with Gasteiger partial charge in [-0.2, -0.15) is 0 Å². The van der Waals surface area contributed by atoms with Crippen LogP contribution in [0.3, 0.4) is 0 Å². The van der Waals surface area contributed by atoms with Crippen LogP contribution in [0.5, 0.6) is 11.5 Å². The van der Waals surface area contributed by atoms with Crippen LogP contribution in [-0.2, 0) is 11.2 Å². The van der Waals surface area contributed by atoms with Gasteiger partial charge in [-0.05, 0) is 43.2 Å². The van der Waals surface area contributed by atoms with Crippen molar-refractivity contribution < 1.29 is 14.3 Å². The van der Waals surface area contributed by atoms with Crippen LogP contribution in [0.15, 0.2) is 55.3 Å². The first kappa shape index (κ1) is 18.4. The molecule has 3 aromatic rings. The van der Waals surface area contributed by atoms with E-state index in [9.17, 15) is 4.79 Å². The molecule has 3 rings (SSSR count). The molecular formula is C20H22N4O3. The molecule has 0 radical (unpaired) electrons. The van der Waals surface area contributed by atoms with Crippen molar-refractivity contribution in [1.29, 1.82) is 0 Å². The number of nitrogens with one attached hydrogen (secondary N) is 1. The maximum atomic E-state index is 12.3. The van der Waals surface area contributed by atoms with Gasteiger partial charge in [0.25, 0.3) is 5.91 Å². The molecule has 0 fully saturated rings. The van der Waals surface area contributed by atoms with Crippen LogP contribution in [-0.4, -0.2) is 34.2 Å². The molecule has 1 aromatic carbocycles. The number of pyridine rings is 1. The Bertz CT molecular complexity index is 951. The fourth-order valence-corrected chi connectivity index (χ4v) is 2.77. The number of rotatable bonds is 8. The molecule has 0 bridgehead atoms. The van der Waals surface area contributed by atoms with E-state index in [2.05, 4.69) is 22.1 Å². The maximum Gasteiger partial charge on any atom is 0.258 e. The van der Waals surface area contributed by atoms with Gasteiger partial charge in [0.05, 0.1) is 13.2 Å². The van der Waals surface area contributed by atoms with Gasteiger partial charge in [0.2, 0.25) is 0 Å². The quantitative estimate of drug-likeness (QED) is 0.620. The second-order valence-corrected chi connectivity index (χ2v) is 6.04. The summed E-state index contributed by atoms with van der Waals surface area (Å²) in [6.07, 6.45) is 4.42. The van der Waals surface area contributed by atoms with E-state index in [0.717, 1.165) is 17.6 Å². The fraction of sp³-hybridized carbons (Fsp3) is 0.250. The Kier molecular flexibility index (Phi) is 5.71. The summed E-state index contributed by atoms with van der Waals surface area (Å²) in [6, 6.07) is 10.9. The Morgan fingerprint density at radius 2 is 2.15 bits per heavy atom. The molecule has 1 N–H and O–H groups in total. The van der Waals surface area contributed by atoms with Gasteiger partial charge in [-0.1, -0.05) is 18.2 Å². The van der Waals surface area contributed by atoms with E-state index < -0.39 is 0 Å². The summed E-state index contributed by atoms with van der Waals surface area (Å²) in [5.41, 5.74) is 1.79. The first-order valence-corrected chi connectivity index (χ1v) is 8.62. The monoisotopic (exact) mass is 366 g/mol. The maximum absolute atomic E-state index is 12.3. The molecule has 1 amide bonds. The Morgan fingerprint density at radius 1 is 1.30 bits per heavy atom.